The maximum absolute atomic E-state index is 13.5. The summed E-state index contributed by atoms with van der Waals surface area (Å²) < 4.78 is 6.54. The molecular formula is C34H41Cl2N3O3. The highest BCUT2D eigenvalue weighted by molar-refractivity contribution is 6.31. The molecule has 3 aliphatic heterocycles. The van der Waals surface area contributed by atoms with Crippen LogP contribution in [-0.4, -0.2) is 42.5 Å². The Labute approximate surface area is 259 Å². The summed E-state index contributed by atoms with van der Waals surface area (Å²) in [5, 5.41) is 7.53. The number of halogens is 2. The van der Waals surface area contributed by atoms with Gasteiger partial charge in [-0.25, -0.2) is 0 Å². The molecule has 1 spiro atoms. The summed E-state index contributed by atoms with van der Waals surface area (Å²) in [6, 6.07) is 20.5. The predicted molar refractivity (Wildman–Crippen MR) is 172 cm³/mol. The molecule has 0 radical (unpaired) electrons. The summed E-state index contributed by atoms with van der Waals surface area (Å²) in [6.45, 7) is 11.3. The molecule has 2 saturated heterocycles. The normalized spacial score (nSPS) is 21.7. The number of benzene rings is 3. The van der Waals surface area contributed by atoms with Crippen LogP contribution in [-0.2, 0) is 15.0 Å². The Morgan fingerprint density at radius 2 is 1.67 bits per heavy atom. The smallest absolute Gasteiger partial charge is 0.237 e. The second-order valence-corrected chi connectivity index (χ2v) is 11.6. The summed E-state index contributed by atoms with van der Waals surface area (Å²) in [5.74, 6) is 0.593. The molecule has 42 heavy (non-hydrogen) atoms. The topological polar surface area (TPSA) is 70.7 Å². The first kappa shape index (κ1) is 31.9. The van der Waals surface area contributed by atoms with Crippen molar-refractivity contribution in [2.45, 2.75) is 70.9 Å². The maximum atomic E-state index is 13.5. The van der Waals surface area contributed by atoms with Crippen LogP contribution in [0.4, 0.5) is 5.69 Å². The van der Waals surface area contributed by atoms with Crippen LogP contribution in [0.5, 0.6) is 5.75 Å². The Bertz CT molecular complexity index is 1380. The first-order valence-electron chi connectivity index (χ1n) is 14.9. The third-order valence-electron chi connectivity index (χ3n) is 8.15. The predicted octanol–water partition coefficient (Wildman–Crippen LogP) is 7.72. The minimum Gasteiger partial charge on any atom is -0.490 e. The van der Waals surface area contributed by atoms with Gasteiger partial charge in [-0.1, -0.05) is 85.9 Å². The highest BCUT2D eigenvalue weighted by Gasteiger charge is 2.56. The van der Waals surface area contributed by atoms with E-state index in [0.717, 1.165) is 65.6 Å². The van der Waals surface area contributed by atoms with Gasteiger partial charge in [-0.3, -0.25) is 9.59 Å². The number of rotatable bonds is 4. The number of fused-ring (bicyclic) bond motifs is 2. The molecule has 2 atom stereocenters. The van der Waals surface area contributed by atoms with Gasteiger partial charge in [0.15, 0.2) is 0 Å². The number of carbonyl (C=O) groups is 2. The van der Waals surface area contributed by atoms with Gasteiger partial charge in [-0.2, -0.15) is 0 Å². The van der Waals surface area contributed by atoms with E-state index in [-0.39, 0.29) is 17.9 Å². The van der Waals surface area contributed by atoms with Crippen molar-refractivity contribution in [1.82, 2.24) is 10.2 Å². The van der Waals surface area contributed by atoms with E-state index < -0.39 is 11.5 Å². The Hall–Kier alpha value is -3.06. The van der Waals surface area contributed by atoms with E-state index >= 15 is 0 Å². The van der Waals surface area contributed by atoms with Crippen LogP contribution < -0.4 is 15.4 Å². The van der Waals surface area contributed by atoms with Gasteiger partial charge in [0.05, 0.1) is 6.04 Å². The van der Waals surface area contributed by atoms with Crippen molar-refractivity contribution in [1.29, 1.82) is 0 Å². The van der Waals surface area contributed by atoms with Gasteiger partial charge < -0.3 is 20.3 Å². The van der Waals surface area contributed by atoms with E-state index in [9.17, 15) is 9.59 Å². The van der Waals surface area contributed by atoms with Crippen molar-refractivity contribution in [2.75, 3.05) is 25.0 Å². The number of piperidine rings is 2. The fourth-order valence-electron chi connectivity index (χ4n) is 5.99. The van der Waals surface area contributed by atoms with E-state index in [1.807, 2.05) is 75.4 Å². The summed E-state index contributed by atoms with van der Waals surface area (Å²) in [5.41, 5.74) is 2.62. The molecule has 0 unspecified atom stereocenters. The van der Waals surface area contributed by atoms with Crippen molar-refractivity contribution in [3.63, 3.8) is 0 Å². The molecule has 2 amide bonds. The van der Waals surface area contributed by atoms with E-state index in [4.69, 9.17) is 27.9 Å². The van der Waals surface area contributed by atoms with Crippen molar-refractivity contribution in [3.8, 4) is 5.75 Å². The molecule has 8 heteroatoms. The standard InChI is InChI=1S/C26H30ClN3O3.C6H5Cl.C2H6/c1-3-30-12-9-18(10-13-30)33-22-7-4-16(2)14-19(22)24-26(11-8-23(31)29-24)20-6-5-17(27)15-21(20)28-25(26)32;7-6-4-2-1-3-5-6;1-2/h4-7,14-15,18,24H,3,8-13H2,1-2H3,(H,28,32)(H,29,31);1-5H;1-2H3/t24-,26-;;/m1../s1. The zero-order chi connectivity index (χ0) is 30.3. The van der Waals surface area contributed by atoms with Gasteiger partial charge >= 0.3 is 0 Å². The van der Waals surface area contributed by atoms with Crippen LogP contribution in [0.25, 0.3) is 0 Å². The molecule has 3 aliphatic rings. The van der Waals surface area contributed by atoms with Gasteiger partial charge in [-0.15, -0.1) is 0 Å². The average molecular weight is 611 g/mol. The minimum atomic E-state index is -0.898. The first-order chi connectivity index (χ1) is 20.3. The van der Waals surface area contributed by atoms with Crippen LogP contribution in [0.2, 0.25) is 10.0 Å². The van der Waals surface area contributed by atoms with Crippen LogP contribution in [0.1, 0.15) is 69.2 Å². The Balaban J connectivity index is 0.000000390. The number of nitrogens with zero attached hydrogens (tertiary/aromatic N) is 1. The highest BCUT2D eigenvalue weighted by Crippen LogP contribution is 2.52. The third kappa shape index (κ3) is 6.94. The molecular weight excluding hydrogens is 569 g/mol. The zero-order valence-electron chi connectivity index (χ0n) is 24.9. The number of hydrogen-bond donors (Lipinski definition) is 2. The van der Waals surface area contributed by atoms with Crippen molar-refractivity contribution in [2.24, 2.45) is 0 Å². The summed E-state index contributed by atoms with van der Waals surface area (Å²) in [7, 11) is 0. The highest BCUT2D eigenvalue weighted by atomic mass is 35.5. The molecule has 6 rings (SSSR count). The summed E-state index contributed by atoms with van der Waals surface area (Å²) in [6.07, 6.45) is 2.78. The second kappa shape index (κ2) is 14.4. The van der Waals surface area contributed by atoms with Crippen LogP contribution >= 0.6 is 23.2 Å². The number of ether oxygens (including phenoxy) is 1. The molecule has 0 bridgehead atoms. The second-order valence-electron chi connectivity index (χ2n) is 10.7. The SMILES string of the molecule is CC.CCN1CCC(Oc2ccc(C)cc2[C@H]2NC(=O)CC[C@]23C(=O)Nc2cc(Cl)ccc23)CC1.Clc1ccccc1. The van der Waals surface area contributed by atoms with Gasteiger partial charge in [0.1, 0.15) is 17.3 Å². The lowest BCUT2D eigenvalue weighted by molar-refractivity contribution is -0.130. The van der Waals surface area contributed by atoms with Crippen LogP contribution in [0, 0.1) is 6.92 Å². The number of amides is 2. The lowest BCUT2D eigenvalue weighted by Gasteiger charge is -2.41. The van der Waals surface area contributed by atoms with Crippen LogP contribution in [0.3, 0.4) is 0 Å². The number of hydrogen-bond acceptors (Lipinski definition) is 4. The molecule has 2 N–H and O–H groups in total. The first-order valence-corrected chi connectivity index (χ1v) is 15.7. The molecule has 6 nitrogen and oxygen atoms in total. The quantitative estimate of drug-likeness (QED) is 0.318. The molecule has 2 fully saturated rings. The van der Waals surface area contributed by atoms with Gasteiger partial charge in [0.25, 0.3) is 0 Å². The third-order valence-corrected chi connectivity index (χ3v) is 8.63. The lowest BCUT2D eigenvalue weighted by Crippen LogP contribution is -2.52. The summed E-state index contributed by atoms with van der Waals surface area (Å²) in [4.78, 5) is 28.5. The average Bonchev–Trinajstić information content (AvgIpc) is 3.27. The fraction of sp³-hybridized carbons (Fsp3) is 0.412. The zero-order valence-corrected chi connectivity index (χ0v) is 26.4. The molecule has 0 aromatic heterocycles. The number of nitrogens with one attached hydrogen (secondary N) is 2. The van der Waals surface area contributed by atoms with Gasteiger partial charge in [-0.05, 0) is 68.6 Å². The van der Waals surface area contributed by atoms with E-state index in [0.29, 0.717) is 17.9 Å². The van der Waals surface area contributed by atoms with Gasteiger partial charge in [0, 0.05) is 40.8 Å². The van der Waals surface area contributed by atoms with Crippen molar-refractivity contribution < 1.29 is 14.3 Å². The Morgan fingerprint density at radius 3 is 2.31 bits per heavy atom. The molecule has 0 saturated carbocycles. The van der Waals surface area contributed by atoms with Crippen molar-refractivity contribution >= 4 is 40.7 Å². The maximum Gasteiger partial charge on any atom is 0.237 e. The molecule has 0 aliphatic carbocycles. The van der Waals surface area contributed by atoms with Gasteiger partial charge in [0.2, 0.25) is 11.8 Å². The fourth-order valence-corrected chi connectivity index (χ4v) is 6.31. The summed E-state index contributed by atoms with van der Waals surface area (Å²) >= 11 is 11.7. The van der Waals surface area contributed by atoms with Crippen LogP contribution in [0.15, 0.2) is 66.7 Å². The van der Waals surface area contributed by atoms with E-state index in [1.165, 1.54) is 0 Å². The molecule has 3 aromatic rings. The molecule has 3 heterocycles. The molecule has 3 aromatic carbocycles. The minimum absolute atomic E-state index is 0.0513. The van der Waals surface area contributed by atoms with E-state index in [2.05, 4.69) is 28.5 Å². The van der Waals surface area contributed by atoms with E-state index in [1.54, 1.807) is 6.07 Å². The number of aryl methyl sites for hydroxylation is 1. The molecule has 224 valence electrons. The Morgan fingerprint density at radius 1 is 0.952 bits per heavy atom. The van der Waals surface area contributed by atoms with Crippen molar-refractivity contribution in [3.05, 3.63) is 93.5 Å². The number of likely N-dealkylation sites (tertiary alicyclic amines) is 1. The number of carbonyl (C=O) groups excluding carboxylic acids is 2. The largest absolute Gasteiger partial charge is 0.490 e. The Kier molecular flexibility index (Phi) is 10.9. The lowest BCUT2D eigenvalue weighted by atomic mass is 9.67. The number of anilines is 1. The monoisotopic (exact) mass is 609 g/mol.